The zero-order valence-corrected chi connectivity index (χ0v) is 23.8. The number of alkyl carbamates (subject to hydrolysis) is 1. The lowest BCUT2D eigenvalue weighted by Crippen LogP contribution is -2.44. The van der Waals surface area contributed by atoms with E-state index in [4.69, 9.17) is 9.47 Å². The molecule has 0 spiro atoms. The zero-order valence-electron chi connectivity index (χ0n) is 23.8. The summed E-state index contributed by atoms with van der Waals surface area (Å²) in [6, 6.07) is 30.0. The van der Waals surface area contributed by atoms with Gasteiger partial charge in [-0.25, -0.2) is 9.59 Å². The Bertz CT molecular complexity index is 1250. The minimum Gasteiger partial charge on any atom is -0.457 e. The van der Waals surface area contributed by atoms with Crippen LogP contribution in [0.2, 0.25) is 0 Å². The van der Waals surface area contributed by atoms with Crippen LogP contribution in [0.5, 0.6) is 0 Å². The van der Waals surface area contributed by atoms with E-state index in [0.717, 1.165) is 36.8 Å². The number of allylic oxidation sites excluding steroid dienone is 1. The monoisotopic (exact) mass is 539 g/mol. The Labute approximate surface area is 238 Å². The molecule has 0 radical (unpaired) electrons. The minimum absolute atomic E-state index is 0.118. The molecule has 1 amide bonds. The highest BCUT2D eigenvalue weighted by Crippen LogP contribution is 2.43. The number of rotatable bonds is 10. The number of benzene rings is 3. The lowest BCUT2D eigenvalue weighted by Gasteiger charge is -2.44. The summed E-state index contributed by atoms with van der Waals surface area (Å²) < 4.78 is 11.6. The predicted octanol–water partition coefficient (Wildman–Crippen LogP) is 7.76. The summed E-state index contributed by atoms with van der Waals surface area (Å²) in [6.07, 6.45) is 5.00. The van der Waals surface area contributed by atoms with E-state index in [9.17, 15) is 9.59 Å². The number of amides is 1. The van der Waals surface area contributed by atoms with Crippen LogP contribution in [0.15, 0.2) is 103 Å². The van der Waals surface area contributed by atoms with Gasteiger partial charge in [0.1, 0.15) is 18.4 Å². The second kappa shape index (κ2) is 14.0. The molecular formula is C35H41NO4. The van der Waals surface area contributed by atoms with Crippen molar-refractivity contribution < 1.29 is 19.1 Å². The zero-order chi connectivity index (χ0) is 28.4. The molecule has 40 heavy (non-hydrogen) atoms. The molecule has 1 aliphatic rings. The summed E-state index contributed by atoms with van der Waals surface area (Å²) in [5.74, 6) is 0.0956. The van der Waals surface area contributed by atoms with E-state index in [1.54, 1.807) is 6.08 Å². The number of esters is 1. The third-order valence-corrected chi connectivity index (χ3v) is 8.05. The van der Waals surface area contributed by atoms with Crippen molar-refractivity contribution in [3.8, 4) is 0 Å². The molecule has 0 aromatic heterocycles. The smallest absolute Gasteiger partial charge is 0.412 e. The molecule has 5 heteroatoms. The van der Waals surface area contributed by atoms with E-state index in [0.29, 0.717) is 12.3 Å². The fraction of sp³-hybridized carbons (Fsp3) is 0.371. The van der Waals surface area contributed by atoms with Crippen LogP contribution < -0.4 is 5.32 Å². The number of carbonyl (C=O) groups is 2. The van der Waals surface area contributed by atoms with Gasteiger partial charge < -0.3 is 9.47 Å². The third-order valence-electron chi connectivity index (χ3n) is 8.05. The van der Waals surface area contributed by atoms with Gasteiger partial charge in [-0.15, -0.1) is 0 Å². The minimum atomic E-state index is -0.676. The van der Waals surface area contributed by atoms with Crippen LogP contribution in [-0.2, 0) is 32.7 Å². The Balaban J connectivity index is 1.49. The first kappa shape index (κ1) is 29.1. The summed E-state index contributed by atoms with van der Waals surface area (Å²) in [5.41, 5.74) is 3.22. The van der Waals surface area contributed by atoms with Crippen LogP contribution >= 0.6 is 0 Å². The molecule has 1 N–H and O–H groups in total. The van der Waals surface area contributed by atoms with Crippen molar-refractivity contribution in [1.82, 2.24) is 5.32 Å². The van der Waals surface area contributed by atoms with Gasteiger partial charge in [-0.3, -0.25) is 5.32 Å². The van der Waals surface area contributed by atoms with Crippen LogP contribution in [0, 0.1) is 11.8 Å². The number of nitrogens with one attached hydrogen (secondary N) is 1. The molecule has 210 valence electrons. The number of hydrogen-bond acceptors (Lipinski definition) is 4. The van der Waals surface area contributed by atoms with Crippen LogP contribution in [-0.4, -0.2) is 18.2 Å². The molecule has 0 saturated heterocycles. The summed E-state index contributed by atoms with van der Waals surface area (Å²) in [7, 11) is 0. The second-order valence-corrected chi connectivity index (χ2v) is 11.4. The molecule has 1 fully saturated rings. The standard InChI is InChI=1S/C35H41NO4/c1-26-22-23-30(35(2,3)29-19-11-6-12-20-29)32(24-26)40-33(37)31(21-13-18-27-14-7-4-8-15-27)36-34(38)39-25-28-16-9-5-10-17-28/h4-12,14-17,19-21,26,30,32H,13,18,22-25H2,1-3H3,(H,36,38)/b31-21-/t26-,30-,32-/m1/s1. The second-order valence-electron chi connectivity index (χ2n) is 11.4. The molecule has 0 bridgehead atoms. The van der Waals surface area contributed by atoms with Gasteiger partial charge in [-0.2, -0.15) is 0 Å². The predicted molar refractivity (Wildman–Crippen MR) is 158 cm³/mol. The highest BCUT2D eigenvalue weighted by Gasteiger charge is 2.42. The van der Waals surface area contributed by atoms with E-state index < -0.39 is 12.1 Å². The molecule has 1 saturated carbocycles. The Morgan fingerprint density at radius 1 is 0.875 bits per heavy atom. The van der Waals surface area contributed by atoms with Crippen LogP contribution in [0.4, 0.5) is 4.79 Å². The fourth-order valence-electron chi connectivity index (χ4n) is 5.65. The number of aryl methyl sites for hydroxylation is 1. The van der Waals surface area contributed by atoms with Gasteiger partial charge >= 0.3 is 12.1 Å². The van der Waals surface area contributed by atoms with Crippen LogP contribution in [0.25, 0.3) is 0 Å². The van der Waals surface area contributed by atoms with Gasteiger partial charge in [0.25, 0.3) is 0 Å². The number of ether oxygens (including phenoxy) is 2. The molecule has 0 aliphatic heterocycles. The molecule has 1 aliphatic carbocycles. The quantitative estimate of drug-likeness (QED) is 0.211. The Morgan fingerprint density at radius 2 is 1.48 bits per heavy atom. The molecule has 5 nitrogen and oxygen atoms in total. The summed E-state index contributed by atoms with van der Waals surface area (Å²) in [4.78, 5) is 26.4. The van der Waals surface area contributed by atoms with Crippen molar-refractivity contribution >= 4 is 12.1 Å². The van der Waals surface area contributed by atoms with Gasteiger partial charge in [0, 0.05) is 5.92 Å². The highest BCUT2D eigenvalue weighted by atomic mass is 16.6. The Morgan fingerprint density at radius 3 is 2.12 bits per heavy atom. The summed E-state index contributed by atoms with van der Waals surface area (Å²) in [6.45, 7) is 6.80. The maximum Gasteiger partial charge on any atom is 0.412 e. The average Bonchev–Trinajstić information content (AvgIpc) is 2.97. The summed E-state index contributed by atoms with van der Waals surface area (Å²) >= 11 is 0. The third kappa shape index (κ3) is 8.08. The van der Waals surface area contributed by atoms with Crippen molar-refractivity contribution in [1.29, 1.82) is 0 Å². The van der Waals surface area contributed by atoms with Crippen molar-refractivity contribution in [3.63, 3.8) is 0 Å². The first-order valence-corrected chi connectivity index (χ1v) is 14.3. The topological polar surface area (TPSA) is 64.6 Å². The van der Waals surface area contributed by atoms with E-state index in [-0.39, 0.29) is 29.7 Å². The van der Waals surface area contributed by atoms with Gasteiger partial charge in [-0.05, 0) is 53.7 Å². The van der Waals surface area contributed by atoms with Gasteiger partial charge in [0.05, 0.1) is 0 Å². The molecular weight excluding hydrogens is 498 g/mol. The van der Waals surface area contributed by atoms with Crippen molar-refractivity contribution in [3.05, 3.63) is 119 Å². The molecule has 0 heterocycles. The molecule has 3 aromatic rings. The van der Waals surface area contributed by atoms with Crippen molar-refractivity contribution in [2.24, 2.45) is 11.8 Å². The SMILES string of the molecule is C[C@@H]1CC[C@@H](C(C)(C)c2ccccc2)[C@H](OC(=O)/C(=C/CCc2ccccc2)NC(=O)OCc2ccccc2)C1. The lowest BCUT2D eigenvalue weighted by atomic mass is 9.64. The normalized spacial score (nSPS) is 19.5. The van der Waals surface area contributed by atoms with Crippen molar-refractivity contribution in [2.45, 2.75) is 71.0 Å². The first-order valence-electron chi connectivity index (χ1n) is 14.3. The first-order chi connectivity index (χ1) is 19.3. The van der Waals surface area contributed by atoms with Crippen molar-refractivity contribution in [2.75, 3.05) is 0 Å². The van der Waals surface area contributed by atoms with Gasteiger partial charge in [-0.1, -0.05) is 124 Å². The van der Waals surface area contributed by atoms with E-state index in [1.165, 1.54) is 5.56 Å². The van der Waals surface area contributed by atoms with Crippen LogP contribution in [0.3, 0.4) is 0 Å². The molecule has 4 rings (SSSR count). The Kier molecular flexibility index (Phi) is 10.2. The summed E-state index contributed by atoms with van der Waals surface area (Å²) in [5, 5.41) is 2.68. The fourth-order valence-corrected chi connectivity index (χ4v) is 5.65. The number of carbonyl (C=O) groups excluding carboxylic acids is 2. The van der Waals surface area contributed by atoms with Gasteiger partial charge in [0.15, 0.2) is 0 Å². The van der Waals surface area contributed by atoms with E-state index in [1.807, 2.05) is 66.7 Å². The van der Waals surface area contributed by atoms with Crippen LogP contribution in [0.1, 0.15) is 63.1 Å². The molecule has 0 unspecified atom stereocenters. The lowest BCUT2D eigenvalue weighted by molar-refractivity contribution is -0.152. The number of hydrogen-bond donors (Lipinski definition) is 1. The molecule has 3 atom stereocenters. The highest BCUT2D eigenvalue weighted by molar-refractivity contribution is 5.92. The van der Waals surface area contributed by atoms with Gasteiger partial charge in [0.2, 0.25) is 0 Å². The molecule has 3 aromatic carbocycles. The van der Waals surface area contributed by atoms with E-state index >= 15 is 0 Å². The van der Waals surface area contributed by atoms with E-state index in [2.05, 4.69) is 50.4 Å². The maximum atomic E-state index is 13.6. The average molecular weight is 540 g/mol. The largest absolute Gasteiger partial charge is 0.457 e. The maximum absolute atomic E-state index is 13.6. The Hall–Kier alpha value is -3.86.